The van der Waals surface area contributed by atoms with Crippen molar-refractivity contribution in [2.45, 2.75) is 33.0 Å². The SMILES string of the molecule is CCC(=O)NCc1ccc(CN(C)CCNC(=O)OCc2ccccc2)cc1. The molecular formula is C22H29N3O3. The van der Waals surface area contributed by atoms with Crippen molar-refractivity contribution in [2.75, 3.05) is 20.1 Å². The first-order valence-electron chi connectivity index (χ1n) is 9.54. The fourth-order valence-corrected chi connectivity index (χ4v) is 2.60. The zero-order chi connectivity index (χ0) is 20.2. The molecule has 2 aromatic rings. The third-order valence-electron chi connectivity index (χ3n) is 4.26. The van der Waals surface area contributed by atoms with Crippen molar-refractivity contribution in [2.24, 2.45) is 0 Å². The Morgan fingerprint density at radius 2 is 1.61 bits per heavy atom. The number of carbonyl (C=O) groups excluding carboxylic acids is 2. The fraction of sp³-hybridized carbons (Fsp3) is 0.364. The maximum absolute atomic E-state index is 11.7. The van der Waals surface area contributed by atoms with E-state index in [9.17, 15) is 9.59 Å². The van der Waals surface area contributed by atoms with E-state index in [1.54, 1.807) is 0 Å². The number of nitrogens with one attached hydrogen (secondary N) is 2. The van der Waals surface area contributed by atoms with Gasteiger partial charge in [0.25, 0.3) is 0 Å². The van der Waals surface area contributed by atoms with Crippen LogP contribution in [0.25, 0.3) is 0 Å². The van der Waals surface area contributed by atoms with Crippen LogP contribution < -0.4 is 10.6 Å². The molecular weight excluding hydrogens is 354 g/mol. The first-order valence-corrected chi connectivity index (χ1v) is 9.54. The third-order valence-corrected chi connectivity index (χ3v) is 4.26. The van der Waals surface area contributed by atoms with Gasteiger partial charge in [-0.1, -0.05) is 61.5 Å². The van der Waals surface area contributed by atoms with E-state index in [1.165, 1.54) is 5.56 Å². The van der Waals surface area contributed by atoms with Gasteiger partial charge >= 0.3 is 6.09 Å². The smallest absolute Gasteiger partial charge is 0.407 e. The largest absolute Gasteiger partial charge is 0.445 e. The second-order valence-electron chi connectivity index (χ2n) is 6.67. The van der Waals surface area contributed by atoms with Crippen LogP contribution in [0.1, 0.15) is 30.0 Å². The molecule has 0 bridgehead atoms. The van der Waals surface area contributed by atoms with Gasteiger partial charge in [-0.2, -0.15) is 0 Å². The van der Waals surface area contributed by atoms with Crippen molar-refractivity contribution in [3.63, 3.8) is 0 Å². The van der Waals surface area contributed by atoms with E-state index in [-0.39, 0.29) is 12.5 Å². The molecule has 2 N–H and O–H groups in total. The summed E-state index contributed by atoms with van der Waals surface area (Å²) < 4.78 is 5.19. The predicted octanol–water partition coefficient (Wildman–Crippen LogP) is 3.07. The lowest BCUT2D eigenvalue weighted by atomic mass is 10.1. The van der Waals surface area contributed by atoms with Gasteiger partial charge in [-0.3, -0.25) is 4.79 Å². The van der Waals surface area contributed by atoms with E-state index in [2.05, 4.69) is 27.7 Å². The summed E-state index contributed by atoms with van der Waals surface area (Å²) in [6.45, 7) is 4.68. The minimum Gasteiger partial charge on any atom is -0.445 e. The Labute approximate surface area is 166 Å². The van der Waals surface area contributed by atoms with Crippen LogP contribution in [-0.2, 0) is 29.2 Å². The zero-order valence-corrected chi connectivity index (χ0v) is 16.6. The average Bonchev–Trinajstić information content (AvgIpc) is 2.72. The summed E-state index contributed by atoms with van der Waals surface area (Å²) >= 11 is 0. The maximum Gasteiger partial charge on any atom is 0.407 e. The molecule has 150 valence electrons. The van der Waals surface area contributed by atoms with E-state index in [1.807, 2.05) is 56.4 Å². The molecule has 2 rings (SSSR count). The Balaban J connectivity index is 1.63. The van der Waals surface area contributed by atoms with Crippen LogP contribution in [0.15, 0.2) is 54.6 Å². The Morgan fingerprint density at radius 3 is 2.29 bits per heavy atom. The molecule has 0 radical (unpaired) electrons. The van der Waals surface area contributed by atoms with Gasteiger partial charge in [-0.15, -0.1) is 0 Å². The molecule has 0 aromatic heterocycles. The molecule has 6 heteroatoms. The van der Waals surface area contributed by atoms with Crippen LogP contribution in [0, 0.1) is 0 Å². The molecule has 0 atom stereocenters. The summed E-state index contributed by atoms with van der Waals surface area (Å²) in [7, 11) is 2.01. The molecule has 0 fully saturated rings. The molecule has 0 spiro atoms. The van der Waals surface area contributed by atoms with E-state index in [4.69, 9.17) is 4.74 Å². The molecule has 0 saturated heterocycles. The summed E-state index contributed by atoms with van der Waals surface area (Å²) in [5.41, 5.74) is 3.23. The Morgan fingerprint density at radius 1 is 0.929 bits per heavy atom. The Bertz CT molecular complexity index is 732. The average molecular weight is 383 g/mol. The van der Waals surface area contributed by atoms with Crippen molar-refractivity contribution < 1.29 is 14.3 Å². The Kier molecular flexibility index (Phi) is 9.01. The number of amides is 2. The van der Waals surface area contributed by atoms with Gasteiger partial charge in [0.15, 0.2) is 0 Å². The van der Waals surface area contributed by atoms with Gasteiger partial charge in [0.2, 0.25) is 5.91 Å². The van der Waals surface area contributed by atoms with Gasteiger partial charge in [0, 0.05) is 32.6 Å². The molecule has 0 aliphatic heterocycles. The highest BCUT2D eigenvalue weighted by molar-refractivity contribution is 5.75. The van der Waals surface area contributed by atoms with Gasteiger partial charge < -0.3 is 20.3 Å². The van der Waals surface area contributed by atoms with Gasteiger partial charge in [0.05, 0.1) is 0 Å². The number of alkyl carbamates (subject to hydrolysis) is 1. The molecule has 2 amide bonds. The van der Waals surface area contributed by atoms with Crippen LogP contribution in [0.4, 0.5) is 4.79 Å². The second-order valence-corrected chi connectivity index (χ2v) is 6.67. The van der Waals surface area contributed by atoms with E-state index in [0.717, 1.165) is 24.2 Å². The Hall–Kier alpha value is -2.86. The van der Waals surface area contributed by atoms with Gasteiger partial charge in [-0.05, 0) is 23.7 Å². The number of ether oxygens (including phenoxy) is 1. The van der Waals surface area contributed by atoms with Crippen molar-refractivity contribution in [3.8, 4) is 0 Å². The molecule has 0 aliphatic rings. The highest BCUT2D eigenvalue weighted by Crippen LogP contribution is 2.07. The lowest BCUT2D eigenvalue weighted by molar-refractivity contribution is -0.120. The quantitative estimate of drug-likeness (QED) is 0.661. The molecule has 0 aliphatic carbocycles. The minimum atomic E-state index is -0.407. The molecule has 0 heterocycles. The highest BCUT2D eigenvalue weighted by Gasteiger charge is 2.05. The zero-order valence-electron chi connectivity index (χ0n) is 16.6. The number of carbonyl (C=O) groups is 2. The van der Waals surface area contributed by atoms with Gasteiger partial charge in [-0.25, -0.2) is 4.79 Å². The van der Waals surface area contributed by atoms with Crippen molar-refractivity contribution in [1.29, 1.82) is 0 Å². The number of hydrogen-bond donors (Lipinski definition) is 2. The summed E-state index contributed by atoms with van der Waals surface area (Å²) in [6, 6.07) is 17.8. The normalized spacial score (nSPS) is 10.5. The number of likely N-dealkylation sites (N-methyl/N-ethyl adjacent to an activating group) is 1. The summed E-state index contributed by atoms with van der Waals surface area (Å²) in [5.74, 6) is 0.0543. The van der Waals surface area contributed by atoms with Crippen molar-refractivity contribution in [3.05, 3.63) is 71.3 Å². The van der Waals surface area contributed by atoms with E-state index < -0.39 is 6.09 Å². The first kappa shape index (κ1) is 21.4. The molecule has 2 aromatic carbocycles. The summed E-state index contributed by atoms with van der Waals surface area (Å²) in [4.78, 5) is 25.2. The summed E-state index contributed by atoms with van der Waals surface area (Å²) in [6.07, 6.45) is 0.0900. The molecule has 0 unspecified atom stereocenters. The molecule has 0 saturated carbocycles. The van der Waals surface area contributed by atoms with Crippen LogP contribution in [0.5, 0.6) is 0 Å². The van der Waals surface area contributed by atoms with Crippen LogP contribution in [0.3, 0.4) is 0 Å². The number of rotatable bonds is 10. The maximum atomic E-state index is 11.7. The van der Waals surface area contributed by atoms with Crippen LogP contribution in [-0.4, -0.2) is 37.0 Å². The lowest BCUT2D eigenvalue weighted by Crippen LogP contribution is -2.33. The van der Waals surface area contributed by atoms with Crippen LogP contribution in [0.2, 0.25) is 0 Å². The third kappa shape index (κ3) is 8.22. The molecule has 28 heavy (non-hydrogen) atoms. The number of nitrogens with zero attached hydrogens (tertiary/aromatic N) is 1. The van der Waals surface area contributed by atoms with Crippen LogP contribution >= 0.6 is 0 Å². The van der Waals surface area contributed by atoms with Gasteiger partial charge in [0.1, 0.15) is 6.61 Å². The van der Waals surface area contributed by atoms with E-state index in [0.29, 0.717) is 19.5 Å². The van der Waals surface area contributed by atoms with E-state index >= 15 is 0 Å². The first-order chi connectivity index (χ1) is 13.6. The monoisotopic (exact) mass is 383 g/mol. The summed E-state index contributed by atoms with van der Waals surface area (Å²) in [5, 5.41) is 5.64. The number of hydrogen-bond acceptors (Lipinski definition) is 4. The fourth-order valence-electron chi connectivity index (χ4n) is 2.60. The highest BCUT2D eigenvalue weighted by atomic mass is 16.5. The standard InChI is InChI=1S/C22H29N3O3/c1-3-21(26)24-15-18-9-11-19(12-10-18)16-25(2)14-13-23-22(27)28-17-20-7-5-4-6-8-20/h4-12H,3,13-17H2,1-2H3,(H,23,27)(H,24,26). The van der Waals surface area contributed by atoms with Crippen molar-refractivity contribution >= 4 is 12.0 Å². The lowest BCUT2D eigenvalue weighted by Gasteiger charge is -2.17. The number of benzene rings is 2. The predicted molar refractivity (Wildman–Crippen MR) is 110 cm³/mol. The topological polar surface area (TPSA) is 70.7 Å². The molecule has 6 nitrogen and oxygen atoms in total. The van der Waals surface area contributed by atoms with Crippen molar-refractivity contribution in [1.82, 2.24) is 15.5 Å². The second kappa shape index (κ2) is 11.8. The minimum absolute atomic E-state index is 0.0543.